The number of rotatable bonds is 1. The van der Waals surface area contributed by atoms with Crippen LogP contribution in [0.25, 0.3) is 0 Å². The van der Waals surface area contributed by atoms with Gasteiger partial charge in [-0.2, -0.15) is 13.2 Å². The van der Waals surface area contributed by atoms with E-state index < -0.39 is 17.7 Å². The third-order valence-corrected chi connectivity index (χ3v) is 0.614. The minimum absolute atomic E-state index is 0. The van der Waals surface area contributed by atoms with Gasteiger partial charge in [0.15, 0.2) is 5.78 Å². The zero-order chi connectivity index (χ0) is 8.36. The molecule has 0 aliphatic carbocycles. The van der Waals surface area contributed by atoms with Crippen LogP contribution in [0, 0.1) is 0 Å². The summed E-state index contributed by atoms with van der Waals surface area (Å²) in [4.78, 5) is 9.92. The number of carbonyl (C=O) groups is 1. The van der Waals surface area contributed by atoms with Gasteiger partial charge in [0.05, 0.1) is 0 Å². The van der Waals surface area contributed by atoms with E-state index in [1.165, 1.54) is 0 Å². The van der Waals surface area contributed by atoms with Gasteiger partial charge in [0.1, 0.15) is 0 Å². The number of ketones is 1. The Kier molecular flexibility index (Phi) is 5.59. The van der Waals surface area contributed by atoms with Gasteiger partial charge < -0.3 is 5.11 Å². The normalized spacial score (nSPS) is 12.2. The molecular formula is C5H4F3MgO2+. The van der Waals surface area contributed by atoms with Crippen LogP contribution in [0.1, 0.15) is 6.92 Å². The van der Waals surface area contributed by atoms with E-state index in [-0.39, 0.29) is 29.1 Å². The van der Waals surface area contributed by atoms with E-state index in [1.807, 2.05) is 0 Å². The van der Waals surface area contributed by atoms with Gasteiger partial charge in [0.2, 0.25) is 0 Å². The van der Waals surface area contributed by atoms with Crippen molar-refractivity contribution in [3.05, 3.63) is 11.8 Å². The second kappa shape index (κ2) is 4.60. The number of carbonyl (C=O) groups excluding carboxylic acids is 1. The quantitative estimate of drug-likeness (QED) is 0.321. The van der Waals surface area contributed by atoms with E-state index in [0.717, 1.165) is 6.92 Å². The van der Waals surface area contributed by atoms with E-state index in [9.17, 15) is 23.1 Å². The average molecular weight is 177 g/mol. The maximum Gasteiger partial charge on any atom is 2.00 e. The molecule has 2 nitrogen and oxygen atoms in total. The minimum atomic E-state index is -4.92. The summed E-state index contributed by atoms with van der Waals surface area (Å²) < 4.78 is 33.8. The van der Waals surface area contributed by atoms with Crippen molar-refractivity contribution < 1.29 is 23.1 Å². The summed E-state index contributed by atoms with van der Waals surface area (Å²) >= 11 is 0. The van der Waals surface area contributed by atoms with Crippen molar-refractivity contribution in [2.75, 3.05) is 0 Å². The molecule has 0 aromatic heterocycles. The van der Waals surface area contributed by atoms with Crippen LogP contribution >= 0.6 is 0 Å². The molecule has 0 bridgehead atoms. The van der Waals surface area contributed by atoms with Gasteiger partial charge in [-0.25, -0.2) is 0 Å². The molecule has 0 saturated heterocycles. The molecule has 0 amide bonds. The Hall–Kier alpha value is -0.234. The molecule has 0 unspecified atom stereocenters. The summed E-state index contributed by atoms with van der Waals surface area (Å²) in [6.45, 7) is 0.879. The Labute approximate surface area is 77.2 Å². The van der Waals surface area contributed by atoms with Gasteiger partial charge >= 0.3 is 29.2 Å². The first-order valence-corrected chi connectivity index (χ1v) is 2.30. The largest absolute Gasteiger partial charge is 2.00 e. The first kappa shape index (κ1) is 13.4. The fourth-order valence-electron chi connectivity index (χ4n) is 0.266. The van der Waals surface area contributed by atoms with E-state index in [4.69, 9.17) is 0 Å². The molecule has 0 aliphatic heterocycles. The number of hydrogen-bond acceptors (Lipinski definition) is 2. The molecule has 0 aromatic carbocycles. The molecule has 0 spiro atoms. The summed E-state index contributed by atoms with van der Waals surface area (Å²) in [5, 5.41) is 9.87. The predicted octanol–water partition coefficient (Wildman–Crippen LogP) is 0.00110. The molecule has 6 heteroatoms. The second-order valence-corrected chi connectivity index (χ2v) is 1.62. The molecule has 0 aliphatic rings. The summed E-state index contributed by atoms with van der Waals surface area (Å²) in [6.07, 6.45) is -4.91. The van der Waals surface area contributed by atoms with Crippen molar-refractivity contribution in [2.45, 2.75) is 13.1 Å². The number of allylic oxidation sites excluding steroid dienone is 2. The van der Waals surface area contributed by atoms with Gasteiger partial charge in [-0.15, -0.1) is 0 Å². The van der Waals surface area contributed by atoms with Crippen LogP contribution in [0.3, 0.4) is 0 Å². The molecule has 0 rings (SSSR count). The Morgan fingerprint density at radius 3 is 1.91 bits per heavy atom. The van der Waals surface area contributed by atoms with Crippen LogP contribution in [0.2, 0.25) is 0 Å². The summed E-state index contributed by atoms with van der Waals surface area (Å²) in [6, 6.07) is 0. The third-order valence-electron chi connectivity index (χ3n) is 0.614. The summed E-state index contributed by atoms with van der Waals surface area (Å²) in [7, 11) is 0. The summed E-state index contributed by atoms with van der Waals surface area (Å²) in [5.41, 5.74) is 0. The number of alkyl halides is 3. The SMILES string of the molecule is CC(=O)/C=C(/[O-])C(F)(F)F.[Mg+2]. The molecule has 0 N–H and O–H groups in total. The van der Waals surface area contributed by atoms with Gasteiger partial charge in [0.25, 0.3) is 0 Å². The van der Waals surface area contributed by atoms with E-state index >= 15 is 0 Å². The Morgan fingerprint density at radius 2 is 1.82 bits per heavy atom. The van der Waals surface area contributed by atoms with Crippen molar-refractivity contribution in [1.82, 2.24) is 0 Å². The predicted molar refractivity (Wildman–Crippen MR) is 30.6 cm³/mol. The molecule has 0 radical (unpaired) electrons. The van der Waals surface area contributed by atoms with Crippen molar-refractivity contribution in [1.29, 1.82) is 0 Å². The standard InChI is InChI=1S/C5H5F3O2.Mg/c1-3(9)2-4(10)5(6,7)8;/h2,10H,1H3;/q;+2/p-1/b4-2+;. The molecule has 0 aromatic rings. The third kappa shape index (κ3) is 6.18. The van der Waals surface area contributed by atoms with Gasteiger partial charge in [-0.3, -0.25) is 4.79 Å². The Bertz CT molecular complexity index is 173. The zero-order valence-electron chi connectivity index (χ0n) is 5.73. The first-order chi connectivity index (χ1) is 4.34. The fraction of sp³-hybridized carbons (Fsp3) is 0.400. The topological polar surface area (TPSA) is 40.1 Å². The molecular weight excluding hydrogens is 173 g/mol. The van der Waals surface area contributed by atoms with Gasteiger partial charge in [-0.05, 0) is 18.8 Å². The van der Waals surface area contributed by atoms with Crippen molar-refractivity contribution in [3.63, 3.8) is 0 Å². The van der Waals surface area contributed by atoms with Gasteiger partial charge in [0, 0.05) is 0 Å². The Balaban J connectivity index is 0. The van der Waals surface area contributed by atoms with Crippen LogP contribution in [-0.4, -0.2) is 35.0 Å². The van der Waals surface area contributed by atoms with E-state index in [1.54, 1.807) is 0 Å². The van der Waals surface area contributed by atoms with Crippen molar-refractivity contribution >= 4 is 28.8 Å². The second-order valence-electron chi connectivity index (χ2n) is 1.62. The van der Waals surface area contributed by atoms with Crippen molar-refractivity contribution in [3.8, 4) is 0 Å². The van der Waals surface area contributed by atoms with E-state index in [0.29, 0.717) is 0 Å². The smallest absolute Gasteiger partial charge is 0.869 e. The molecule has 58 valence electrons. The molecule has 0 atom stereocenters. The average Bonchev–Trinajstić information content (AvgIpc) is 1.60. The maximum absolute atomic E-state index is 11.3. The summed E-state index contributed by atoms with van der Waals surface area (Å²) in [5.74, 6) is -3.01. The fourth-order valence-corrected chi connectivity index (χ4v) is 0.266. The first-order valence-electron chi connectivity index (χ1n) is 2.30. The van der Waals surface area contributed by atoms with Crippen LogP contribution in [0.5, 0.6) is 0 Å². The minimum Gasteiger partial charge on any atom is -0.869 e. The zero-order valence-corrected chi connectivity index (χ0v) is 7.15. The molecule has 11 heavy (non-hydrogen) atoms. The molecule has 0 fully saturated rings. The van der Waals surface area contributed by atoms with Crippen LogP contribution in [0.15, 0.2) is 11.8 Å². The maximum atomic E-state index is 11.3. The van der Waals surface area contributed by atoms with Crippen LogP contribution in [0.4, 0.5) is 13.2 Å². The number of hydrogen-bond donors (Lipinski definition) is 0. The molecule has 0 saturated carbocycles. The van der Waals surface area contributed by atoms with Crippen LogP contribution < -0.4 is 5.11 Å². The van der Waals surface area contributed by atoms with Crippen LogP contribution in [-0.2, 0) is 4.79 Å². The van der Waals surface area contributed by atoms with Gasteiger partial charge in [-0.1, -0.05) is 0 Å². The Morgan fingerprint density at radius 1 is 1.45 bits per heavy atom. The molecule has 0 heterocycles. The monoisotopic (exact) mass is 177 g/mol. The van der Waals surface area contributed by atoms with E-state index in [2.05, 4.69) is 0 Å². The van der Waals surface area contributed by atoms with Crippen molar-refractivity contribution in [2.24, 2.45) is 0 Å². The number of halogens is 3.